The fourth-order valence-electron chi connectivity index (χ4n) is 3.82. The second-order valence-electron chi connectivity index (χ2n) is 8.42. The van der Waals surface area contributed by atoms with Gasteiger partial charge in [0.05, 0.1) is 26.2 Å². The zero-order valence-corrected chi connectivity index (χ0v) is 22.8. The van der Waals surface area contributed by atoms with Gasteiger partial charge in [-0.1, -0.05) is 0 Å². The van der Waals surface area contributed by atoms with Crippen molar-refractivity contribution in [1.82, 2.24) is 14.2 Å². The molecule has 38 heavy (non-hydrogen) atoms. The van der Waals surface area contributed by atoms with Crippen molar-refractivity contribution in [3.8, 4) is 28.5 Å². The number of ether oxygens (including phenoxy) is 3. The number of methoxy groups -OCH3 is 2. The molecule has 0 unspecified atom stereocenters. The number of amides is 2. The van der Waals surface area contributed by atoms with Crippen LogP contribution < -0.4 is 19.5 Å². The second-order valence-corrected chi connectivity index (χ2v) is 11.3. The molecule has 1 fully saturated rings. The van der Waals surface area contributed by atoms with Gasteiger partial charge in [-0.3, -0.25) is 14.9 Å². The van der Waals surface area contributed by atoms with Gasteiger partial charge in [0, 0.05) is 42.7 Å². The number of piperazine rings is 1. The molecule has 0 radical (unpaired) electrons. The van der Waals surface area contributed by atoms with Gasteiger partial charge in [-0.15, -0.1) is 11.3 Å². The number of thiazole rings is 1. The molecule has 3 aromatic rings. The first-order valence-corrected chi connectivity index (χ1v) is 14.4. The van der Waals surface area contributed by atoms with E-state index in [2.05, 4.69) is 10.3 Å². The number of benzene rings is 2. The molecule has 0 atom stereocenters. The van der Waals surface area contributed by atoms with Crippen LogP contribution in [0.25, 0.3) is 11.3 Å². The van der Waals surface area contributed by atoms with Crippen molar-refractivity contribution in [3.63, 3.8) is 0 Å². The molecule has 11 nitrogen and oxygen atoms in total. The Labute approximate surface area is 225 Å². The van der Waals surface area contributed by atoms with Crippen molar-refractivity contribution >= 4 is 38.3 Å². The van der Waals surface area contributed by atoms with Gasteiger partial charge in [-0.25, -0.2) is 13.4 Å². The Kier molecular flexibility index (Phi) is 8.49. The summed E-state index contributed by atoms with van der Waals surface area (Å²) < 4.78 is 40.8. The smallest absolute Gasteiger partial charge is 0.260 e. The normalized spacial score (nSPS) is 14.1. The Morgan fingerprint density at radius 2 is 1.71 bits per heavy atom. The molecule has 13 heteroatoms. The van der Waals surface area contributed by atoms with Gasteiger partial charge >= 0.3 is 0 Å². The quantitative estimate of drug-likeness (QED) is 0.423. The lowest BCUT2D eigenvalue weighted by Crippen LogP contribution is -2.51. The minimum atomic E-state index is -3.28. The summed E-state index contributed by atoms with van der Waals surface area (Å²) in [7, 11) is -0.232. The third-order valence-electron chi connectivity index (χ3n) is 5.95. The first-order chi connectivity index (χ1) is 18.2. The van der Waals surface area contributed by atoms with E-state index in [4.69, 9.17) is 14.2 Å². The number of hydrogen-bond acceptors (Lipinski definition) is 9. The van der Waals surface area contributed by atoms with Crippen LogP contribution in [0.5, 0.6) is 17.2 Å². The maximum absolute atomic E-state index is 12.8. The SMILES string of the molecule is COc1ccc(-c2csc(NC(=O)c3ccc(OCC(=O)N4CCN(S(C)(=O)=O)CC4)c(OC)c3)n2)cc1. The van der Waals surface area contributed by atoms with Crippen LogP contribution in [0.4, 0.5) is 5.13 Å². The predicted molar refractivity (Wildman–Crippen MR) is 144 cm³/mol. The highest BCUT2D eigenvalue weighted by Gasteiger charge is 2.26. The minimum Gasteiger partial charge on any atom is -0.497 e. The van der Waals surface area contributed by atoms with Gasteiger partial charge in [0.1, 0.15) is 5.75 Å². The number of carbonyl (C=O) groups is 2. The van der Waals surface area contributed by atoms with Crippen LogP contribution in [0, 0.1) is 0 Å². The summed E-state index contributed by atoms with van der Waals surface area (Å²) in [5.41, 5.74) is 1.97. The third-order valence-corrected chi connectivity index (χ3v) is 8.01. The van der Waals surface area contributed by atoms with Crippen LogP contribution in [0.1, 0.15) is 10.4 Å². The first kappa shape index (κ1) is 27.4. The van der Waals surface area contributed by atoms with E-state index in [1.165, 1.54) is 28.8 Å². The molecule has 2 amide bonds. The molecule has 0 spiro atoms. The number of sulfonamides is 1. The van der Waals surface area contributed by atoms with Crippen LogP contribution in [-0.2, 0) is 14.8 Å². The first-order valence-electron chi connectivity index (χ1n) is 11.6. The monoisotopic (exact) mass is 560 g/mol. The summed E-state index contributed by atoms with van der Waals surface area (Å²) >= 11 is 1.31. The third kappa shape index (κ3) is 6.60. The molecule has 202 valence electrons. The number of hydrogen-bond donors (Lipinski definition) is 1. The molecule has 0 saturated carbocycles. The number of anilines is 1. The van der Waals surface area contributed by atoms with Crippen LogP contribution in [0.3, 0.4) is 0 Å². The summed E-state index contributed by atoms with van der Waals surface area (Å²) in [6.07, 6.45) is 1.15. The lowest BCUT2D eigenvalue weighted by molar-refractivity contribution is -0.134. The Morgan fingerprint density at radius 3 is 2.34 bits per heavy atom. The van der Waals surface area contributed by atoms with E-state index in [0.29, 0.717) is 35.3 Å². The average Bonchev–Trinajstić information content (AvgIpc) is 3.39. The number of nitrogens with one attached hydrogen (secondary N) is 1. The number of nitrogens with zero attached hydrogens (tertiary/aromatic N) is 3. The van der Waals surface area contributed by atoms with Crippen molar-refractivity contribution in [3.05, 3.63) is 53.4 Å². The lowest BCUT2D eigenvalue weighted by atomic mass is 10.2. The summed E-state index contributed by atoms with van der Waals surface area (Å²) in [5.74, 6) is 0.716. The van der Waals surface area contributed by atoms with Crippen LogP contribution >= 0.6 is 11.3 Å². The summed E-state index contributed by atoms with van der Waals surface area (Å²) in [4.78, 5) is 31.4. The second kappa shape index (κ2) is 11.8. The van der Waals surface area contributed by atoms with Gasteiger partial charge in [0.15, 0.2) is 23.2 Å². The standard InChI is InChI=1S/C25H28N4O7S2/c1-34-19-7-4-17(5-8-19)20-16-37-25(26-20)27-24(31)18-6-9-21(22(14-18)35-2)36-15-23(30)28-10-12-29(13-11-28)38(3,32)33/h4-9,14,16H,10-13,15H2,1-3H3,(H,26,27,31). The van der Waals surface area contributed by atoms with Crippen molar-refractivity contribution < 1.29 is 32.2 Å². The molecule has 2 aromatic carbocycles. The van der Waals surface area contributed by atoms with Crippen molar-refractivity contribution in [2.75, 3.05) is 58.6 Å². The molecule has 1 aliphatic heterocycles. The minimum absolute atomic E-state index is 0.242. The molecule has 0 bridgehead atoms. The van der Waals surface area contributed by atoms with Gasteiger partial charge in [-0.2, -0.15) is 4.31 Å². The van der Waals surface area contributed by atoms with E-state index in [9.17, 15) is 18.0 Å². The summed E-state index contributed by atoms with van der Waals surface area (Å²) in [6.45, 7) is 0.843. The molecule has 1 saturated heterocycles. The predicted octanol–water partition coefficient (Wildman–Crippen LogP) is 2.56. The molecule has 1 N–H and O–H groups in total. The fraction of sp³-hybridized carbons (Fsp3) is 0.320. The average molecular weight is 561 g/mol. The van der Waals surface area contributed by atoms with Gasteiger partial charge < -0.3 is 19.1 Å². The summed E-state index contributed by atoms with van der Waals surface area (Å²) in [5, 5.41) is 5.09. The molecular weight excluding hydrogens is 532 g/mol. The van der Waals surface area contributed by atoms with E-state index < -0.39 is 10.0 Å². The van der Waals surface area contributed by atoms with Gasteiger partial charge in [0.2, 0.25) is 10.0 Å². The van der Waals surface area contributed by atoms with E-state index in [-0.39, 0.29) is 31.5 Å². The maximum atomic E-state index is 12.8. The van der Waals surface area contributed by atoms with Crippen molar-refractivity contribution in [1.29, 1.82) is 0 Å². The molecular formula is C25H28N4O7S2. The Morgan fingerprint density at radius 1 is 1.00 bits per heavy atom. The Bertz CT molecular complexity index is 1400. The Balaban J connectivity index is 1.34. The topological polar surface area (TPSA) is 127 Å². The van der Waals surface area contributed by atoms with Crippen molar-refractivity contribution in [2.24, 2.45) is 0 Å². The highest BCUT2D eigenvalue weighted by molar-refractivity contribution is 7.88. The summed E-state index contributed by atoms with van der Waals surface area (Å²) in [6, 6.07) is 12.1. The zero-order chi connectivity index (χ0) is 27.3. The highest BCUT2D eigenvalue weighted by atomic mass is 32.2. The van der Waals surface area contributed by atoms with E-state index in [0.717, 1.165) is 23.3 Å². The maximum Gasteiger partial charge on any atom is 0.260 e. The molecule has 1 aromatic heterocycles. The van der Waals surface area contributed by atoms with E-state index in [1.54, 1.807) is 24.1 Å². The molecule has 2 heterocycles. The fourth-order valence-corrected chi connectivity index (χ4v) is 5.36. The van der Waals surface area contributed by atoms with Crippen LogP contribution in [0.2, 0.25) is 0 Å². The van der Waals surface area contributed by atoms with Gasteiger partial charge in [-0.05, 0) is 42.5 Å². The van der Waals surface area contributed by atoms with Crippen LogP contribution in [0.15, 0.2) is 47.8 Å². The number of rotatable bonds is 9. The molecule has 0 aliphatic carbocycles. The Hall–Kier alpha value is -3.68. The van der Waals surface area contributed by atoms with E-state index >= 15 is 0 Å². The largest absolute Gasteiger partial charge is 0.497 e. The van der Waals surface area contributed by atoms with Crippen molar-refractivity contribution in [2.45, 2.75) is 0 Å². The number of carbonyl (C=O) groups excluding carboxylic acids is 2. The number of aromatic nitrogens is 1. The molecule has 1 aliphatic rings. The van der Waals surface area contributed by atoms with Crippen LogP contribution in [-0.4, -0.2) is 87.7 Å². The zero-order valence-electron chi connectivity index (χ0n) is 21.2. The molecule has 4 rings (SSSR count). The van der Waals surface area contributed by atoms with Gasteiger partial charge in [0.25, 0.3) is 11.8 Å². The van der Waals surface area contributed by atoms with E-state index in [1.807, 2.05) is 29.6 Å². The lowest BCUT2D eigenvalue weighted by Gasteiger charge is -2.33. The highest BCUT2D eigenvalue weighted by Crippen LogP contribution is 2.30.